The highest BCUT2D eigenvalue weighted by Crippen LogP contribution is 2.42. The van der Waals surface area contributed by atoms with Crippen LogP contribution in [0.1, 0.15) is 33.2 Å². The number of ether oxygens (including phenoxy) is 3. The first-order chi connectivity index (χ1) is 28.9. The van der Waals surface area contributed by atoms with Crippen LogP contribution in [0.5, 0.6) is 0 Å². The molecule has 0 bridgehead atoms. The number of nitrogens with zero attached hydrogens (tertiary/aromatic N) is 7. The van der Waals surface area contributed by atoms with Gasteiger partial charge in [-0.15, -0.1) is 0 Å². The highest BCUT2D eigenvalue weighted by molar-refractivity contribution is 7.46. The SMILES string of the molecule is C[n+]1cn([C@@H]2O[C@H](COP(=O)([O-])OCCN(CCOP(=O)([O-])OC[C@H]3O[C@@H](n4c[n+](C)c5c(=O)[nH]c(N)nc54)[C@H](O)[C@@H]3O)C(=O)OC(C)(C)C)[C@@H](O)[C@H]2O)c2nc(N)[nH]c(=O)c21. The first-order valence-corrected chi connectivity index (χ1v) is 21.5. The molecule has 6 heterocycles. The Balaban J connectivity index is 1.00. The predicted molar refractivity (Wildman–Crippen MR) is 201 cm³/mol. The van der Waals surface area contributed by atoms with Crippen molar-refractivity contribution in [3.05, 3.63) is 33.4 Å². The molecule has 2 aliphatic heterocycles. The summed E-state index contributed by atoms with van der Waals surface area (Å²) in [5.41, 5.74) is 9.28. The number of phosphoric acid groups is 2. The molecule has 4 aromatic heterocycles. The Kier molecular flexibility index (Phi) is 13.6. The smallest absolute Gasteiger partial charge is 0.410 e. The lowest BCUT2D eigenvalue weighted by Crippen LogP contribution is -2.40. The minimum absolute atomic E-state index is 0.00545. The Labute approximate surface area is 349 Å². The lowest BCUT2D eigenvalue weighted by molar-refractivity contribution is -0.646. The Morgan fingerprint density at radius 2 is 1.18 bits per heavy atom. The number of carbonyl (C=O) groups is 1. The van der Waals surface area contributed by atoms with E-state index in [1.807, 2.05) is 0 Å². The number of aliphatic hydroxyl groups excluding tert-OH is 4. The quantitative estimate of drug-likeness (QED) is 0.0384. The van der Waals surface area contributed by atoms with Crippen LogP contribution in [0.3, 0.4) is 0 Å². The van der Waals surface area contributed by atoms with Gasteiger partial charge >= 0.3 is 17.2 Å². The summed E-state index contributed by atoms with van der Waals surface area (Å²) < 4.78 is 66.9. The van der Waals surface area contributed by atoms with Crippen LogP contribution >= 0.6 is 15.6 Å². The second-order valence-electron chi connectivity index (χ2n) is 15.2. The summed E-state index contributed by atoms with van der Waals surface area (Å²) in [5.74, 6) is -0.463. The number of aryl methyl sites for hydroxylation is 2. The van der Waals surface area contributed by atoms with Gasteiger partial charge in [-0.2, -0.15) is 19.1 Å². The number of fused-ring (bicyclic) bond motifs is 2. The normalized spacial score (nSPS) is 26.2. The number of anilines is 2. The van der Waals surface area contributed by atoms with E-state index in [0.29, 0.717) is 0 Å². The number of aromatic nitrogens is 8. The number of H-pyrrole nitrogens is 2. The lowest BCUT2D eigenvalue weighted by Gasteiger charge is -2.30. The zero-order valence-electron chi connectivity index (χ0n) is 33.7. The maximum Gasteiger partial charge on any atom is 0.410 e. The summed E-state index contributed by atoms with van der Waals surface area (Å²) in [7, 11) is -7.35. The Hall–Kier alpha value is -4.45. The van der Waals surface area contributed by atoms with Gasteiger partial charge in [0.1, 0.15) is 42.2 Å². The fraction of sp³-hybridized carbons (Fsp3) is 0.645. The summed E-state index contributed by atoms with van der Waals surface area (Å²) in [6.45, 7) is 0.495. The maximum absolute atomic E-state index is 13.0. The van der Waals surface area contributed by atoms with Gasteiger partial charge in [0, 0.05) is 13.1 Å². The third kappa shape index (κ3) is 10.3. The zero-order valence-corrected chi connectivity index (χ0v) is 35.5. The van der Waals surface area contributed by atoms with E-state index in [2.05, 4.69) is 19.9 Å². The van der Waals surface area contributed by atoms with Crippen LogP contribution in [0.15, 0.2) is 22.2 Å². The van der Waals surface area contributed by atoms with Crippen LogP contribution in [0.2, 0.25) is 0 Å². The van der Waals surface area contributed by atoms with Gasteiger partial charge < -0.3 is 78.9 Å². The molecule has 0 aliphatic carbocycles. The maximum atomic E-state index is 13.0. The van der Waals surface area contributed by atoms with Gasteiger partial charge in [-0.1, -0.05) is 0 Å². The van der Waals surface area contributed by atoms with Crippen LogP contribution in [0, 0.1) is 0 Å². The van der Waals surface area contributed by atoms with Crippen molar-refractivity contribution in [3.63, 3.8) is 0 Å². The molecule has 0 aromatic carbocycles. The van der Waals surface area contributed by atoms with E-state index in [0.717, 1.165) is 4.90 Å². The number of imidazole rings is 2. The topological polar surface area (TPSA) is 407 Å². The predicted octanol–water partition coefficient (Wildman–Crippen LogP) is -5.25. The molecule has 0 spiro atoms. The second-order valence-corrected chi connectivity index (χ2v) is 18.0. The molecule has 31 heteroatoms. The van der Waals surface area contributed by atoms with Crippen LogP contribution in [0.4, 0.5) is 16.7 Å². The van der Waals surface area contributed by atoms with Crippen LogP contribution in [-0.4, -0.2) is 142 Å². The van der Waals surface area contributed by atoms with E-state index in [-0.39, 0.29) is 34.2 Å². The summed E-state index contributed by atoms with van der Waals surface area (Å²) in [4.78, 5) is 76.9. The van der Waals surface area contributed by atoms with E-state index in [1.165, 1.54) is 45.0 Å². The molecule has 10 N–H and O–H groups in total. The van der Waals surface area contributed by atoms with E-state index < -0.39 is 127 Å². The van der Waals surface area contributed by atoms with Gasteiger partial charge in [-0.25, -0.2) is 13.9 Å². The van der Waals surface area contributed by atoms with E-state index >= 15 is 0 Å². The number of nitrogens with one attached hydrogen (secondary N) is 2. The number of rotatable bonds is 16. The van der Waals surface area contributed by atoms with Crippen molar-refractivity contribution in [1.29, 1.82) is 0 Å². The standard InChI is InChI=1S/C31H47N11O18P2/c1-31(2,3)60-30(49)40(6-8-54-61(50,51)56-10-14-18(43)20(45)26(58-14)41-12-38(4)16-22(41)34-28(32)36-24(16)47)7-9-55-62(52,53)57-11-15-19(44)21(46)27(59-15)42-13-39(5)17-23(42)35-29(33)37-25(17)48/h12-15,18-21,26-27,43-46H,6-11H2,1-5H3,(H6-2,32,33,34,35,36,37,47,48,50,51,52,53)/t14-,15-,18-,19-,20-,21-,26-,27-/m1/s1. The molecule has 1 amide bonds. The largest absolute Gasteiger partial charge is 0.756 e. The second kappa shape index (κ2) is 18.0. The van der Waals surface area contributed by atoms with Crippen molar-refractivity contribution in [2.24, 2.45) is 14.1 Å². The molecule has 62 heavy (non-hydrogen) atoms. The number of hydrogen-bond acceptors (Lipinski definition) is 22. The molecular formula is C31H47N11O18P2. The summed E-state index contributed by atoms with van der Waals surface area (Å²) in [6.07, 6.45) is -10.5. The molecule has 4 aromatic rings. The average Bonchev–Trinajstić information content (AvgIpc) is 3.85. The fourth-order valence-electron chi connectivity index (χ4n) is 6.65. The molecule has 2 unspecified atom stereocenters. The zero-order chi connectivity index (χ0) is 45.6. The molecular weight excluding hydrogens is 876 g/mol. The molecule has 2 aliphatic rings. The van der Waals surface area contributed by atoms with Crippen molar-refractivity contribution in [2.75, 3.05) is 51.0 Å². The highest BCUT2D eigenvalue weighted by atomic mass is 31.2. The van der Waals surface area contributed by atoms with Crippen molar-refractivity contribution >= 4 is 56.0 Å². The highest BCUT2D eigenvalue weighted by Gasteiger charge is 2.49. The van der Waals surface area contributed by atoms with Crippen LogP contribution in [0.25, 0.3) is 22.3 Å². The molecule has 2 saturated heterocycles. The number of aromatic amines is 2. The Bertz CT molecular complexity index is 2350. The van der Waals surface area contributed by atoms with Gasteiger partial charge in [-0.3, -0.25) is 28.7 Å². The van der Waals surface area contributed by atoms with Crippen molar-refractivity contribution in [2.45, 2.75) is 75.5 Å². The van der Waals surface area contributed by atoms with Crippen molar-refractivity contribution < 1.29 is 85.6 Å². The minimum Gasteiger partial charge on any atom is -0.756 e. The fourth-order valence-corrected chi connectivity index (χ4v) is 8.07. The third-order valence-corrected chi connectivity index (χ3v) is 11.4. The third-order valence-electron chi connectivity index (χ3n) is 9.47. The number of nitrogens with two attached hydrogens (primary N) is 2. The monoisotopic (exact) mass is 923 g/mol. The first kappa shape index (κ1) is 47.0. The molecule has 10 atom stereocenters. The summed E-state index contributed by atoms with van der Waals surface area (Å²) in [5, 5.41) is 42.8. The van der Waals surface area contributed by atoms with Gasteiger partial charge in [0.25, 0.3) is 38.0 Å². The molecule has 2 fully saturated rings. The average molecular weight is 924 g/mol. The molecule has 0 saturated carbocycles. The Morgan fingerprint density at radius 1 is 0.790 bits per heavy atom. The molecule has 29 nitrogen and oxygen atoms in total. The van der Waals surface area contributed by atoms with Crippen molar-refractivity contribution in [3.8, 4) is 0 Å². The summed E-state index contributed by atoms with van der Waals surface area (Å²) >= 11 is 0. The van der Waals surface area contributed by atoms with Gasteiger partial charge in [0.2, 0.25) is 37.0 Å². The van der Waals surface area contributed by atoms with E-state index in [1.54, 1.807) is 20.8 Å². The van der Waals surface area contributed by atoms with Crippen LogP contribution < -0.4 is 41.5 Å². The van der Waals surface area contributed by atoms with E-state index in [4.69, 9.17) is 43.8 Å². The number of hydrogen-bond donors (Lipinski definition) is 8. The summed E-state index contributed by atoms with van der Waals surface area (Å²) in [6, 6.07) is 0. The molecule has 344 valence electrons. The minimum atomic E-state index is -5.19. The number of amides is 1. The molecule has 0 radical (unpaired) electrons. The lowest BCUT2D eigenvalue weighted by atomic mass is 10.1. The van der Waals surface area contributed by atoms with Gasteiger partial charge in [0.05, 0.1) is 40.5 Å². The Morgan fingerprint density at radius 3 is 1.55 bits per heavy atom. The van der Waals surface area contributed by atoms with E-state index in [9.17, 15) is 53.7 Å². The number of aliphatic hydroxyl groups is 4. The van der Waals surface area contributed by atoms with Gasteiger partial charge in [0.15, 0.2) is 0 Å². The first-order valence-electron chi connectivity index (χ1n) is 18.6. The number of carbonyl (C=O) groups excluding carboxylic acids is 1. The number of phosphoric ester groups is 2. The van der Waals surface area contributed by atoms with Gasteiger partial charge in [-0.05, 0) is 20.8 Å². The van der Waals surface area contributed by atoms with Crippen LogP contribution in [-0.2, 0) is 55.5 Å². The number of nitrogen functional groups attached to an aromatic ring is 2. The molecule has 6 rings (SSSR count). The van der Waals surface area contributed by atoms with Crippen molar-refractivity contribution in [1.82, 2.24) is 34.0 Å².